The first-order chi connectivity index (χ1) is 48.6. The van der Waals surface area contributed by atoms with Crippen LogP contribution in [0.25, 0.3) is 0 Å². The maximum Gasteiger partial charge on any atom is 0.220 e. The molecule has 9 N–H and O–H groups in total. The monoisotopic (exact) mass is 1400 g/mol. The minimum Gasteiger partial charge on any atom is -0.394 e. The lowest BCUT2D eigenvalue weighted by molar-refractivity contribution is -0.359. The number of hydrogen-bond acceptors (Lipinski definition) is 13. The summed E-state index contributed by atoms with van der Waals surface area (Å²) in [5.41, 5.74) is 0. The molecule has 0 aliphatic carbocycles. The summed E-state index contributed by atoms with van der Waals surface area (Å²) >= 11 is 0. The Labute approximate surface area is 606 Å². The molecule has 0 spiro atoms. The Kier molecular flexibility index (Phi) is 64.0. The topological polar surface area (TPSA) is 228 Å². The van der Waals surface area contributed by atoms with Crippen LogP contribution in [0.3, 0.4) is 0 Å². The molecule has 0 aromatic heterocycles. The van der Waals surface area contributed by atoms with Crippen molar-refractivity contribution < 1.29 is 64.6 Å². The highest BCUT2D eigenvalue weighted by Crippen LogP contribution is 2.30. The Morgan fingerprint density at radius 1 is 0.374 bits per heavy atom. The standard InChI is InChI=1S/C85H155NO13/c1-3-5-7-9-11-13-15-17-19-21-23-25-27-29-31-32-33-34-35-36-37-38-39-40-41-42-43-45-47-49-51-53-55-57-59-61-63-65-67-69-77(90)86-73(72-96-84-82(95)80(93)83(76(71-88)98-84)99-85-81(94)79(92)78(91)75(70-87)97-85)74(89)68-66-64-62-60-58-56-54-52-50-48-46-44-30-28-26-24-22-20-18-16-14-12-10-8-6-4-2/h5,7,11,13,17,19,23,25,58,60,66,68,73-76,78-85,87-89,91-95H,3-4,6,8-10,12,14-16,18,20-22,24,26-57,59,61-65,67,69-72H2,1-2H3,(H,86,90)/b7-5-,13-11-,19-17-,25-23-,60-58+,68-66+. The second kappa shape index (κ2) is 68.5. The van der Waals surface area contributed by atoms with Crippen LogP contribution in [-0.2, 0) is 23.7 Å². The van der Waals surface area contributed by atoms with Crippen LogP contribution in [0.5, 0.6) is 0 Å². The van der Waals surface area contributed by atoms with Gasteiger partial charge in [-0.25, -0.2) is 0 Å². The SMILES string of the molecule is CC/C=C\C/C=C\C/C=C\C/C=C\CCCCCCCCCCCCCCCCCCCCCCCCCCCCC(=O)NC(COC1OC(CO)C(OC2OC(CO)C(O)C(O)C2O)C(O)C1O)C(O)/C=C/CC/C=C/CCCCCCCCCCCCCCCCCCCCCC. The molecule has 0 bridgehead atoms. The number of nitrogens with one attached hydrogen (secondary N) is 1. The number of aliphatic hydroxyl groups excluding tert-OH is 8. The van der Waals surface area contributed by atoms with Gasteiger partial charge in [0.25, 0.3) is 0 Å². The zero-order chi connectivity index (χ0) is 71.5. The predicted octanol–water partition coefficient (Wildman–Crippen LogP) is 19.3. The van der Waals surface area contributed by atoms with Crippen LogP contribution in [0.4, 0.5) is 0 Å². The van der Waals surface area contributed by atoms with E-state index in [4.69, 9.17) is 18.9 Å². The van der Waals surface area contributed by atoms with Crippen LogP contribution in [-0.4, -0.2) is 140 Å². The number of ether oxygens (including phenoxy) is 4. The fraction of sp³-hybridized carbons (Fsp3) is 0.847. The lowest BCUT2D eigenvalue weighted by Crippen LogP contribution is -2.65. The van der Waals surface area contributed by atoms with Gasteiger partial charge in [0.2, 0.25) is 5.91 Å². The van der Waals surface area contributed by atoms with E-state index in [9.17, 15) is 45.6 Å². The molecule has 2 aliphatic rings. The second-order valence-corrected chi connectivity index (χ2v) is 29.2. The lowest BCUT2D eigenvalue weighted by Gasteiger charge is -2.46. The summed E-state index contributed by atoms with van der Waals surface area (Å²) in [6.07, 6.45) is 78.6. The average Bonchev–Trinajstić information content (AvgIpc) is 0.794. The number of rotatable bonds is 70. The summed E-state index contributed by atoms with van der Waals surface area (Å²) in [5.74, 6) is -0.242. The van der Waals surface area contributed by atoms with Crippen LogP contribution >= 0.6 is 0 Å². The number of hydrogen-bond donors (Lipinski definition) is 9. The minimum absolute atomic E-state index is 0.242. The van der Waals surface area contributed by atoms with Gasteiger partial charge in [-0.15, -0.1) is 0 Å². The van der Waals surface area contributed by atoms with Gasteiger partial charge >= 0.3 is 0 Å². The van der Waals surface area contributed by atoms with Crippen molar-refractivity contribution in [1.82, 2.24) is 5.32 Å². The van der Waals surface area contributed by atoms with Gasteiger partial charge in [0.05, 0.1) is 32.0 Å². The normalized spacial score (nSPS) is 22.3. The first kappa shape index (κ1) is 92.5. The average molecular weight is 1400 g/mol. The van der Waals surface area contributed by atoms with Crippen LogP contribution in [0.15, 0.2) is 72.9 Å². The highest BCUT2D eigenvalue weighted by Gasteiger charge is 2.51. The van der Waals surface area contributed by atoms with Gasteiger partial charge in [-0.2, -0.15) is 0 Å². The van der Waals surface area contributed by atoms with E-state index in [1.54, 1.807) is 6.08 Å². The second-order valence-electron chi connectivity index (χ2n) is 29.2. The van der Waals surface area contributed by atoms with E-state index < -0.39 is 86.8 Å². The Balaban J connectivity index is 1.58. The van der Waals surface area contributed by atoms with Gasteiger partial charge in [0.15, 0.2) is 12.6 Å². The molecule has 0 saturated carbocycles. The Bertz CT molecular complexity index is 1940. The van der Waals surface area contributed by atoms with Gasteiger partial charge in [0, 0.05) is 6.42 Å². The highest BCUT2D eigenvalue weighted by molar-refractivity contribution is 5.76. The molecule has 0 aromatic rings. The van der Waals surface area contributed by atoms with Gasteiger partial charge in [0.1, 0.15) is 48.8 Å². The molecule has 14 heteroatoms. The quantitative estimate of drug-likeness (QED) is 0.0204. The third-order valence-corrected chi connectivity index (χ3v) is 20.1. The molecule has 0 radical (unpaired) electrons. The van der Waals surface area contributed by atoms with Crippen molar-refractivity contribution in [2.45, 2.75) is 441 Å². The highest BCUT2D eigenvalue weighted by atomic mass is 16.7. The molecule has 2 rings (SSSR count). The minimum atomic E-state index is -1.79. The number of unbranched alkanes of at least 4 members (excludes halogenated alkanes) is 47. The van der Waals surface area contributed by atoms with Crippen LogP contribution < -0.4 is 5.32 Å². The van der Waals surface area contributed by atoms with Crippen LogP contribution in [0, 0.1) is 0 Å². The van der Waals surface area contributed by atoms with Crippen molar-refractivity contribution in [3.8, 4) is 0 Å². The molecule has 12 atom stereocenters. The van der Waals surface area contributed by atoms with E-state index in [2.05, 4.69) is 79.9 Å². The smallest absolute Gasteiger partial charge is 0.220 e. The Hall–Kier alpha value is -2.57. The van der Waals surface area contributed by atoms with Crippen molar-refractivity contribution in [2.75, 3.05) is 19.8 Å². The van der Waals surface area contributed by atoms with Crippen molar-refractivity contribution in [3.63, 3.8) is 0 Å². The summed E-state index contributed by atoms with van der Waals surface area (Å²) in [6.45, 7) is 2.73. The Morgan fingerprint density at radius 2 is 0.707 bits per heavy atom. The number of aliphatic hydroxyl groups is 8. The first-order valence-corrected chi connectivity index (χ1v) is 41.7. The van der Waals surface area contributed by atoms with E-state index in [0.29, 0.717) is 12.8 Å². The summed E-state index contributed by atoms with van der Waals surface area (Å²) in [7, 11) is 0. The zero-order valence-corrected chi connectivity index (χ0v) is 63.5. The molecule has 2 fully saturated rings. The molecule has 578 valence electrons. The zero-order valence-electron chi connectivity index (χ0n) is 63.5. The number of allylic oxidation sites excluding steroid dienone is 11. The molecule has 12 unspecified atom stereocenters. The number of carbonyl (C=O) groups is 1. The Morgan fingerprint density at radius 3 is 1.11 bits per heavy atom. The van der Waals surface area contributed by atoms with Crippen molar-refractivity contribution in [2.24, 2.45) is 0 Å². The molecule has 2 heterocycles. The third kappa shape index (κ3) is 51.3. The maximum atomic E-state index is 13.4. The summed E-state index contributed by atoms with van der Waals surface area (Å²) in [4.78, 5) is 13.4. The molecule has 99 heavy (non-hydrogen) atoms. The predicted molar refractivity (Wildman–Crippen MR) is 410 cm³/mol. The van der Waals surface area contributed by atoms with E-state index in [0.717, 1.165) is 57.8 Å². The summed E-state index contributed by atoms with van der Waals surface area (Å²) in [5, 5.41) is 87.7. The molecule has 0 aromatic carbocycles. The summed E-state index contributed by atoms with van der Waals surface area (Å²) in [6, 6.07) is -0.934. The molecular formula is C85H155NO13. The van der Waals surface area contributed by atoms with Crippen LogP contribution in [0.1, 0.15) is 367 Å². The maximum absolute atomic E-state index is 13.4. The van der Waals surface area contributed by atoms with Gasteiger partial charge in [-0.3, -0.25) is 4.79 Å². The molecular weight excluding hydrogens is 1240 g/mol. The molecule has 1 amide bonds. The van der Waals surface area contributed by atoms with Gasteiger partial charge in [-0.05, 0) is 70.6 Å². The first-order valence-electron chi connectivity index (χ1n) is 41.7. The van der Waals surface area contributed by atoms with Gasteiger partial charge in [-0.1, -0.05) is 363 Å². The molecule has 2 saturated heterocycles. The van der Waals surface area contributed by atoms with E-state index >= 15 is 0 Å². The van der Waals surface area contributed by atoms with E-state index in [1.807, 2.05) is 6.08 Å². The van der Waals surface area contributed by atoms with Gasteiger partial charge < -0.3 is 65.1 Å². The number of carbonyl (C=O) groups excluding carboxylic acids is 1. The van der Waals surface area contributed by atoms with Crippen molar-refractivity contribution in [1.29, 1.82) is 0 Å². The molecule has 2 aliphatic heterocycles. The van der Waals surface area contributed by atoms with Crippen LogP contribution in [0.2, 0.25) is 0 Å². The third-order valence-electron chi connectivity index (χ3n) is 20.1. The number of amides is 1. The summed E-state index contributed by atoms with van der Waals surface area (Å²) < 4.78 is 22.9. The molecule has 14 nitrogen and oxygen atoms in total. The fourth-order valence-corrected chi connectivity index (χ4v) is 13.6. The lowest BCUT2D eigenvalue weighted by atomic mass is 9.97. The van der Waals surface area contributed by atoms with E-state index in [-0.39, 0.29) is 18.9 Å². The van der Waals surface area contributed by atoms with E-state index in [1.165, 1.54) is 276 Å². The largest absolute Gasteiger partial charge is 0.394 e. The fourth-order valence-electron chi connectivity index (χ4n) is 13.6. The van der Waals surface area contributed by atoms with Crippen molar-refractivity contribution in [3.05, 3.63) is 72.9 Å². The van der Waals surface area contributed by atoms with Crippen molar-refractivity contribution >= 4 is 5.91 Å².